The number of nitrogens with zero attached hydrogens (tertiary/aromatic N) is 1. The zero-order valence-electron chi connectivity index (χ0n) is 5.77. The van der Waals surface area contributed by atoms with E-state index in [1.54, 1.807) is 5.57 Å². The minimum atomic E-state index is 1.31. The minimum Gasteiger partial charge on any atom is -0.377 e. The van der Waals surface area contributed by atoms with Gasteiger partial charge in [0.15, 0.2) is 0 Å². The Hall–Kier alpha value is -0.460. The summed E-state index contributed by atoms with van der Waals surface area (Å²) in [7, 11) is 0. The van der Waals surface area contributed by atoms with Gasteiger partial charge >= 0.3 is 0 Å². The van der Waals surface area contributed by atoms with Gasteiger partial charge in [-0.2, -0.15) is 0 Å². The first-order valence-corrected chi connectivity index (χ1v) is 3.89. The van der Waals surface area contributed by atoms with E-state index in [0.29, 0.717) is 0 Å². The van der Waals surface area contributed by atoms with Crippen molar-refractivity contribution in [2.75, 3.05) is 13.1 Å². The van der Waals surface area contributed by atoms with Crippen LogP contribution in [0.25, 0.3) is 0 Å². The Balaban J connectivity index is 1.90. The summed E-state index contributed by atoms with van der Waals surface area (Å²) in [6, 6.07) is 0. The third-order valence-corrected chi connectivity index (χ3v) is 2.04. The third-order valence-electron chi connectivity index (χ3n) is 2.04. The molecular formula is C8H13N. The largest absolute Gasteiger partial charge is 0.377 e. The second-order valence-electron chi connectivity index (χ2n) is 3.03. The number of hydrogen-bond acceptors (Lipinski definition) is 1. The fourth-order valence-corrected chi connectivity index (χ4v) is 1.33. The second-order valence-corrected chi connectivity index (χ2v) is 3.03. The predicted molar refractivity (Wildman–Crippen MR) is 38.1 cm³/mol. The molecule has 0 atom stereocenters. The highest BCUT2D eigenvalue weighted by Gasteiger charge is 2.14. The average molecular weight is 123 g/mol. The van der Waals surface area contributed by atoms with Crippen molar-refractivity contribution in [1.82, 2.24) is 4.90 Å². The van der Waals surface area contributed by atoms with Gasteiger partial charge in [-0.15, -0.1) is 0 Å². The van der Waals surface area contributed by atoms with Gasteiger partial charge in [-0.05, 0) is 31.9 Å². The van der Waals surface area contributed by atoms with E-state index >= 15 is 0 Å². The molecule has 0 radical (unpaired) electrons. The summed E-state index contributed by atoms with van der Waals surface area (Å²) in [4.78, 5) is 2.46. The molecule has 0 aromatic heterocycles. The summed E-state index contributed by atoms with van der Waals surface area (Å²) >= 11 is 0. The van der Waals surface area contributed by atoms with E-state index in [0.717, 1.165) is 0 Å². The smallest absolute Gasteiger partial charge is 0.0173 e. The molecule has 0 unspecified atom stereocenters. The molecule has 1 aliphatic carbocycles. The predicted octanol–water partition coefficient (Wildman–Crippen LogP) is 1.76. The molecule has 1 nitrogen and oxygen atoms in total. The van der Waals surface area contributed by atoms with Gasteiger partial charge < -0.3 is 4.90 Å². The van der Waals surface area contributed by atoms with Gasteiger partial charge in [-0.3, -0.25) is 0 Å². The summed E-state index contributed by atoms with van der Waals surface area (Å²) in [6.07, 6.45) is 7.92. The highest BCUT2D eigenvalue weighted by atomic mass is 15.1. The van der Waals surface area contributed by atoms with Crippen LogP contribution in [0.15, 0.2) is 11.8 Å². The van der Waals surface area contributed by atoms with Crippen LogP contribution in [0.1, 0.15) is 25.7 Å². The first-order chi connectivity index (χ1) is 4.45. The van der Waals surface area contributed by atoms with Crippen molar-refractivity contribution < 1.29 is 0 Å². The van der Waals surface area contributed by atoms with Gasteiger partial charge in [0.25, 0.3) is 0 Å². The SMILES string of the molecule is C(=C1CC1)N1CCCC1. The monoisotopic (exact) mass is 123 g/mol. The molecule has 0 N–H and O–H groups in total. The second kappa shape index (κ2) is 2.05. The molecule has 1 saturated carbocycles. The van der Waals surface area contributed by atoms with Crippen LogP contribution in [0.2, 0.25) is 0 Å². The van der Waals surface area contributed by atoms with Gasteiger partial charge in [0.2, 0.25) is 0 Å². The maximum atomic E-state index is 2.46. The van der Waals surface area contributed by atoms with E-state index in [-0.39, 0.29) is 0 Å². The molecule has 2 rings (SSSR count). The lowest BCUT2D eigenvalue weighted by Crippen LogP contribution is -2.09. The Morgan fingerprint density at radius 2 is 1.78 bits per heavy atom. The van der Waals surface area contributed by atoms with E-state index in [1.165, 1.54) is 38.8 Å². The fraction of sp³-hybridized carbons (Fsp3) is 0.750. The van der Waals surface area contributed by atoms with Crippen LogP contribution in [0.5, 0.6) is 0 Å². The van der Waals surface area contributed by atoms with Crippen LogP contribution >= 0.6 is 0 Å². The van der Waals surface area contributed by atoms with Gasteiger partial charge in [0.05, 0.1) is 0 Å². The molecule has 0 spiro atoms. The van der Waals surface area contributed by atoms with Gasteiger partial charge in [-0.25, -0.2) is 0 Å². The van der Waals surface area contributed by atoms with Gasteiger partial charge in [0.1, 0.15) is 0 Å². The van der Waals surface area contributed by atoms with Gasteiger partial charge in [0, 0.05) is 13.1 Å². The third kappa shape index (κ3) is 1.26. The highest BCUT2D eigenvalue weighted by molar-refractivity contribution is 5.15. The van der Waals surface area contributed by atoms with E-state index in [2.05, 4.69) is 11.1 Å². The molecule has 0 amide bonds. The zero-order chi connectivity index (χ0) is 6.10. The maximum Gasteiger partial charge on any atom is 0.0173 e. The lowest BCUT2D eigenvalue weighted by atomic mass is 10.4. The molecule has 0 aromatic rings. The van der Waals surface area contributed by atoms with Crippen LogP contribution in [-0.2, 0) is 0 Å². The van der Waals surface area contributed by atoms with E-state index in [4.69, 9.17) is 0 Å². The highest BCUT2D eigenvalue weighted by Crippen LogP contribution is 2.28. The molecule has 9 heavy (non-hydrogen) atoms. The van der Waals surface area contributed by atoms with E-state index < -0.39 is 0 Å². The summed E-state index contributed by atoms with van der Waals surface area (Å²) in [5, 5.41) is 0. The van der Waals surface area contributed by atoms with Crippen LogP contribution in [0.4, 0.5) is 0 Å². The van der Waals surface area contributed by atoms with Crippen molar-refractivity contribution in [3.63, 3.8) is 0 Å². The lowest BCUT2D eigenvalue weighted by molar-refractivity contribution is 0.466. The van der Waals surface area contributed by atoms with Crippen molar-refractivity contribution in [2.24, 2.45) is 0 Å². The molecule has 0 bridgehead atoms. The summed E-state index contributed by atoms with van der Waals surface area (Å²) in [5.74, 6) is 0. The maximum absolute atomic E-state index is 2.46. The Labute approximate surface area is 56.4 Å². The van der Waals surface area contributed by atoms with Crippen LogP contribution < -0.4 is 0 Å². The Morgan fingerprint density at radius 1 is 1.11 bits per heavy atom. The van der Waals surface area contributed by atoms with E-state index in [9.17, 15) is 0 Å². The topological polar surface area (TPSA) is 3.24 Å². The number of allylic oxidation sites excluding steroid dienone is 1. The van der Waals surface area contributed by atoms with Crippen LogP contribution in [0.3, 0.4) is 0 Å². The summed E-state index contributed by atoms with van der Waals surface area (Å²) in [5.41, 5.74) is 1.66. The summed E-state index contributed by atoms with van der Waals surface area (Å²) in [6.45, 7) is 2.62. The first kappa shape index (κ1) is 5.33. The lowest BCUT2D eigenvalue weighted by Gasteiger charge is -2.08. The number of rotatable bonds is 1. The normalized spacial score (nSPS) is 24.9. The molecular weight excluding hydrogens is 110 g/mol. The Kier molecular flexibility index (Phi) is 1.22. The van der Waals surface area contributed by atoms with Crippen LogP contribution in [0, 0.1) is 0 Å². The Bertz CT molecular complexity index is 126. The molecule has 1 saturated heterocycles. The van der Waals surface area contributed by atoms with Crippen molar-refractivity contribution in [3.8, 4) is 0 Å². The zero-order valence-corrected chi connectivity index (χ0v) is 5.77. The molecule has 50 valence electrons. The van der Waals surface area contributed by atoms with E-state index in [1.807, 2.05) is 0 Å². The number of hydrogen-bond donors (Lipinski definition) is 0. The van der Waals surface area contributed by atoms with Crippen LogP contribution in [-0.4, -0.2) is 18.0 Å². The average Bonchev–Trinajstić information content (AvgIpc) is 2.46. The molecule has 2 fully saturated rings. The van der Waals surface area contributed by atoms with Crippen molar-refractivity contribution in [1.29, 1.82) is 0 Å². The fourth-order valence-electron chi connectivity index (χ4n) is 1.33. The first-order valence-electron chi connectivity index (χ1n) is 3.89. The number of likely N-dealkylation sites (tertiary alicyclic amines) is 1. The minimum absolute atomic E-state index is 1.31. The molecule has 1 heteroatoms. The summed E-state index contributed by atoms with van der Waals surface area (Å²) < 4.78 is 0. The Morgan fingerprint density at radius 3 is 2.33 bits per heavy atom. The molecule has 1 aliphatic heterocycles. The molecule has 2 aliphatic rings. The standard InChI is InChI=1S/C8H13N/c1-2-6-9(5-1)7-8-3-4-8/h7H,1-6H2. The van der Waals surface area contributed by atoms with Crippen molar-refractivity contribution in [3.05, 3.63) is 11.8 Å². The van der Waals surface area contributed by atoms with Crippen molar-refractivity contribution in [2.45, 2.75) is 25.7 Å². The van der Waals surface area contributed by atoms with Crippen molar-refractivity contribution >= 4 is 0 Å². The molecule has 0 aromatic carbocycles. The quantitative estimate of drug-likeness (QED) is 0.513. The van der Waals surface area contributed by atoms with Gasteiger partial charge in [-0.1, -0.05) is 5.57 Å². The molecule has 1 heterocycles.